The van der Waals surface area contributed by atoms with Gasteiger partial charge < -0.3 is 0 Å². The average molecular weight is 291 g/mol. The molecule has 0 fully saturated rings. The van der Waals surface area contributed by atoms with Crippen molar-refractivity contribution in [3.63, 3.8) is 0 Å². The van der Waals surface area contributed by atoms with E-state index in [0.29, 0.717) is 5.56 Å². The van der Waals surface area contributed by atoms with Crippen molar-refractivity contribution in [3.05, 3.63) is 35.0 Å². The van der Waals surface area contributed by atoms with Crippen molar-refractivity contribution >= 4 is 11.6 Å². The molecule has 0 unspecified atom stereocenters. The maximum absolute atomic E-state index is 12.5. The van der Waals surface area contributed by atoms with Crippen molar-refractivity contribution in [3.8, 4) is 5.82 Å². The van der Waals surface area contributed by atoms with E-state index in [9.17, 15) is 13.2 Å². The minimum atomic E-state index is -4.49. The third kappa shape index (κ3) is 2.70. The molecule has 0 radical (unpaired) electrons. The smallest absolute Gasteiger partial charge is 0.224 e. The van der Waals surface area contributed by atoms with Gasteiger partial charge in [0.05, 0.1) is 0 Å². The van der Waals surface area contributed by atoms with Crippen LogP contribution in [0.1, 0.15) is 31.0 Å². The fraction of sp³-hybridized carbons (Fsp3) is 0.364. The van der Waals surface area contributed by atoms with Gasteiger partial charge in [-0.25, -0.2) is 14.6 Å². The summed E-state index contributed by atoms with van der Waals surface area (Å²) in [6, 6.07) is 0.889. The normalized spacial score (nSPS) is 12.2. The van der Waals surface area contributed by atoms with Gasteiger partial charge in [-0.05, 0) is 12.0 Å². The number of nitrogens with zero attached hydrogens (tertiary/aromatic N) is 4. The van der Waals surface area contributed by atoms with Gasteiger partial charge in [-0.2, -0.15) is 18.3 Å². The molecular weight excluding hydrogens is 281 g/mol. The molecule has 0 amide bonds. The molecule has 102 valence electrons. The molecule has 2 aromatic heterocycles. The van der Waals surface area contributed by atoms with Crippen LogP contribution in [0.2, 0.25) is 5.15 Å². The van der Waals surface area contributed by atoms with Crippen LogP contribution in [0.3, 0.4) is 0 Å². The quantitative estimate of drug-likeness (QED) is 0.796. The van der Waals surface area contributed by atoms with Crippen LogP contribution in [0.4, 0.5) is 13.2 Å². The van der Waals surface area contributed by atoms with E-state index in [0.717, 1.165) is 10.7 Å². The highest BCUT2D eigenvalue weighted by atomic mass is 35.5. The Bertz CT molecular complexity index is 592. The lowest BCUT2D eigenvalue weighted by atomic mass is 10.1. The first kappa shape index (κ1) is 13.8. The van der Waals surface area contributed by atoms with Gasteiger partial charge in [-0.15, -0.1) is 0 Å². The van der Waals surface area contributed by atoms with E-state index in [1.54, 1.807) is 0 Å². The second kappa shape index (κ2) is 4.80. The summed E-state index contributed by atoms with van der Waals surface area (Å²) in [5.74, 6) is 0.215. The topological polar surface area (TPSA) is 43.6 Å². The van der Waals surface area contributed by atoms with Gasteiger partial charge in [0.2, 0.25) is 0 Å². The first-order valence-corrected chi connectivity index (χ1v) is 5.82. The number of hydrogen-bond donors (Lipinski definition) is 0. The van der Waals surface area contributed by atoms with Crippen molar-refractivity contribution in [2.45, 2.75) is 25.9 Å². The third-order valence-electron chi connectivity index (χ3n) is 2.49. The highest BCUT2D eigenvalue weighted by molar-refractivity contribution is 6.30. The number of rotatable bonds is 2. The van der Waals surface area contributed by atoms with Crippen molar-refractivity contribution in [2.24, 2.45) is 0 Å². The van der Waals surface area contributed by atoms with Crippen molar-refractivity contribution in [2.75, 3.05) is 0 Å². The zero-order chi connectivity index (χ0) is 14.2. The SMILES string of the molecule is CC(C)c1c(Cl)ncnc1-n1ccc(C(F)(F)F)n1. The fourth-order valence-corrected chi connectivity index (χ4v) is 1.98. The van der Waals surface area contributed by atoms with E-state index in [1.165, 1.54) is 12.5 Å². The van der Waals surface area contributed by atoms with Crippen molar-refractivity contribution in [1.82, 2.24) is 19.7 Å². The molecule has 2 aromatic rings. The molecule has 0 N–H and O–H groups in total. The Morgan fingerprint density at radius 3 is 2.47 bits per heavy atom. The summed E-state index contributed by atoms with van der Waals surface area (Å²) in [6.07, 6.45) is -2.09. The summed E-state index contributed by atoms with van der Waals surface area (Å²) in [6.45, 7) is 3.70. The molecule has 8 heteroatoms. The fourth-order valence-electron chi connectivity index (χ4n) is 1.64. The van der Waals surface area contributed by atoms with Gasteiger partial charge in [0, 0.05) is 11.8 Å². The van der Waals surface area contributed by atoms with Crippen molar-refractivity contribution < 1.29 is 13.2 Å². The zero-order valence-electron chi connectivity index (χ0n) is 10.1. The van der Waals surface area contributed by atoms with Crippen LogP contribution < -0.4 is 0 Å². The molecule has 0 saturated carbocycles. The molecule has 19 heavy (non-hydrogen) atoms. The minimum Gasteiger partial charge on any atom is -0.224 e. The zero-order valence-corrected chi connectivity index (χ0v) is 10.9. The summed E-state index contributed by atoms with van der Waals surface area (Å²) < 4.78 is 38.6. The van der Waals surface area contributed by atoms with Crippen LogP contribution in [0.5, 0.6) is 0 Å². The molecule has 0 aliphatic carbocycles. The monoisotopic (exact) mass is 290 g/mol. The Kier molecular flexibility index (Phi) is 3.49. The molecule has 0 saturated heterocycles. The first-order valence-electron chi connectivity index (χ1n) is 5.44. The van der Waals surface area contributed by atoms with Crippen LogP contribution in [-0.2, 0) is 6.18 Å². The number of aromatic nitrogens is 4. The average Bonchev–Trinajstić information content (AvgIpc) is 2.76. The largest absolute Gasteiger partial charge is 0.435 e. The maximum Gasteiger partial charge on any atom is 0.435 e. The van der Waals surface area contributed by atoms with E-state index in [2.05, 4.69) is 15.1 Å². The molecule has 4 nitrogen and oxygen atoms in total. The van der Waals surface area contributed by atoms with E-state index in [1.807, 2.05) is 13.8 Å². The summed E-state index contributed by atoms with van der Waals surface area (Å²) in [7, 11) is 0. The van der Waals surface area contributed by atoms with E-state index in [-0.39, 0.29) is 16.9 Å². The van der Waals surface area contributed by atoms with Crippen molar-refractivity contribution in [1.29, 1.82) is 0 Å². The van der Waals surface area contributed by atoms with Gasteiger partial charge in [-0.1, -0.05) is 25.4 Å². The lowest BCUT2D eigenvalue weighted by Gasteiger charge is -2.12. The van der Waals surface area contributed by atoms with Gasteiger partial charge in [0.25, 0.3) is 0 Å². The predicted molar refractivity (Wildman–Crippen MR) is 63.3 cm³/mol. The Hall–Kier alpha value is -1.63. The number of alkyl halides is 3. The molecule has 0 spiro atoms. The molecule has 0 aliphatic heterocycles. The summed E-state index contributed by atoms with van der Waals surface area (Å²) in [4.78, 5) is 7.80. The molecule has 2 heterocycles. The van der Waals surface area contributed by atoms with Crippen LogP contribution in [0.15, 0.2) is 18.6 Å². The molecule has 0 aromatic carbocycles. The second-order valence-corrected chi connectivity index (χ2v) is 4.56. The van der Waals surface area contributed by atoms with Crippen LogP contribution >= 0.6 is 11.6 Å². The maximum atomic E-state index is 12.5. The lowest BCUT2D eigenvalue weighted by molar-refractivity contribution is -0.141. The van der Waals surface area contributed by atoms with E-state index >= 15 is 0 Å². The standard InChI is InChI=1S/C11H10ClF3N4/c1-6(2)8-9(12)16-5-17-10(8)19-4-3-7(18-19)11(13,14)15/h3-6H,1-2H3. The Labute approximate surface area is 112 Å². The predicted octanol–water partition coefficient (Wildman–Crippen LogP) is 3.46. The first-order chi connectivity index (χ1) is 8.80. The van der Waals surface area contributed by atoms with Gasteiger partial charge in [0.1, 0.15) is 11.5 Å². The molecule has 0 aliphatic rings. The third-order valence-corrected chi connectivity index (χ3v) is 2.79. The molecule has 0 atom stereocenters. The molecule has 2 rings (SSSR count). The Morgan fingerprint density at radius 2 is 1.95 bits per heavy atom. The number of hydrogen-bond acceptors (Lipinski definition) is 3. The van der Waals surface area contributed by atoms with Gasteiger partial charge >= 0.3 is 6.18 Å². The number of halogens is 4. The summed E-state index contributed by atoms with van der Waals surface area (Å²) >= 11 is 5.96. The Balaban J connectivity index is 2.54. The molecular formula is C11H10ClF3N4. The van der Waals surface area contributed by atoms with Gasteiger partial charge in [0.15, 0.2) is 11.5 Å². The highest BCUT2D eigenvalue weighted by Gasteiger charge is 2.34. The highest BCUT2D eigenvalue weighted by Crippen LogP contribution is 2.30. The van der Waals surface area contributed by atoms with Crippen LogP contribution in [0.25, 0.3) is 5.82 Å². The Morgan fingerprint density at radius 1 is 1.26 bits per heavy atom. The minimum absolute atomic E-state index is 0.0396. The summed E-state index contributed by atoms with van der Waals surface area (Å²) in [5, 5.41) is 3.69. The molecule has 0 bridgehead atoms. The lowest BCUT2D eigenvalue weighted by Crippen LogP contribution is -2.10. The van der Waals surface area contributed by atoms with Crippen LogP contribution in [-0.4, -0.2) is 19.7 Å². The van der Waals surface area contributed by atoms with Crippen LogP contribution in [0, 0.1) is 0 Å². The van der Waals surface area contributed by atoms with Gasteiger partial charge in [-0.3, -0.25) is 0 Å². The second-order valence-electron chi connectivity index (χ2n) is 4.20. The van der Waals surface area contributed by atoms with E-state index < -0.39 is 11.9 Å². The summed E-state index contributed by atoms with van der Waals surface area (Å²) in [5.41, 5.74) is -0.419. The van der Waals surface area contributed by atoms with E-state index in [4.69, 9.17) is 11.6 Å².